The maximum Gasteiger partial charge on any atom is 0.408 e. The van der Waals surface area contributed by atoms with Crippen LogP contribution in [0.25, 0.3) is 0 Å². The summed E-state index contributed by atoms with van der Waals surface area (Å²) in [6, 6.07) is 2.10. The molecule has 2 heterocycles. The van der Waals surface area contributed by atoms with E-state index in [0.717, 1.165) is 18.5 Å². The third-order valence-corrected chi connectivity index (χ3v) is 4.82. The molecule has 0 spiro atoms. The van der Waals surface area contributed by atoms with Gasteiger partial charge in [0.25, 0.3) is 0 Å². The number of hydrogen-bond acceptors (Lipinski definition) is 6. The molecule has 25 heavy (non-hydrogen) atoms. The number of rotatable bonds is 2. The molecular weight excluding hydrogens is 386 g/mol. The Kier molecular flexibility index (Phi) is 5.57. The lowest BCUT2D eigenvalue weighted by Gasteiger charge is -2.40. The molecule has 0 saturated carbocycles. The van der Waals surface area contributed by atoms with E-state index in [1.807, 2.05) is 39.5 Å². The van der Waals surface area contributed by atoms with Crippen LogP contribution < -0.4 is 10.2 Å². The summed E-state index contributed by atoms with van der Waals surface area (Å²) in [7, 11) is 0. The number of carbonyl (C=O) groups is 1. The fraction of sp³-hybridized carbons (Fsp3) is 0.647. The number of aryl methyl sites for hydroxylation is 1. The zero-order valence-corrected chi connectivity index (χ0v) is 16.9. The predicted octanol–water partition coefficient (Wildman–Crippen LogP) is 3.30. The van der Waals surface area contributed by atoms with Crippen LogP contribution in [0.5, 0.6) is 0 Å². The lowest BCUT2D eigenvalue weighted by atomic mass is 9.89. The van der Waals surface area contributed by atoms with Crippen LogP contribution in [0.15, 0.2) is 4.60 Å². The van der Waals surface area contributed by atoms with Gasteiger partial charge in [0.15, 0.2) is 11.5 Å². The molecule has 2 rings (SSSR count). The summed E-state index contributed by atoms with van der Waals surface area (Å²) in [5.74, 6) is 0.600. The molecule has 8 heteroatoms. The molecule has 0 radical (unpaired) electrons. The maximum atomic E-state index is 12.0. The quantitative estimate of drug-likeness (QED) is 0.805. The zero-order valence-electron chi connectivity index (χ0n) is 15.3. The van der Waals surface area contributed by atoms with Gasteiger partial charge in [-0.1, -0.05) is 0 Å². The van der Waals surface area contributed by atoms with Crippen LogP contribution in [-0.4, -0.2) is 40.3 Å². The van der Waals surface area contributed by atoms with E-state index in [-0.39, 0.29) is 5.54 Å². The van der Waals surface area contributed by atoms with Gasteiger partial charge in [-0.25, -0.2) is 14.8 Å². The minimum Gasteiger partial charge on any atom is -0.444 e. The standard InChI is InChI=1S/C17H24BrN5O2/c1-11-13(18)21-12(10-19)14(20-11)23-8-6-17(5,7-9-23)22-15(24)25-16(2,3)4/h6-9H2,1-5H3,(H,22,24). The van der Waals surface area contributed by atoms with E-state index in [1.165, 1.54) is 0 Å². The number of piperidine rings is 1. The predicted molar refractivity (Wildman–Crippen MR) is 98.4 cm³/mol. The monoisotopic (exact) mass is 409 g/mol. The van der Waals surface area contributed by atoms with Crippen molar-refractivity contribution in [2.75, 3.05) is 18.0 Å². The third-order valence-electron chi connectivity index (χ3n) is 4.07. The Bertz CT molecular complexity index is 700. The number of halogens is 1. The summed E-state index contributed by atoms with van der Waals surface area (Å²) in [4.78, 5) is 22.9. The van der Waals surface area contributed by atoms with Gasteiger partial charge in [0, 0.05) is 18.6 Å². The SMILES string of the molecule is Cc1nc(N2CCC(C)(NC(=O)OC(C)(C)C)CC2)c(C#N)nc1Br. The van der Waals surface area contributed by atoms with Gasteiger partial charge in [0.05, 0.1) is 5.69 Å². The first-order chi connectivity index (χ1) is 11.5. The van der Waals surface area contributed by atoms with Crippen molar-refractivity contribution in [1.29, 1.82) is 5.26 Å². The average molecular weight is 410 g/mol. The van der Waals surface area contributed by atoms with Crippen molar-refractivity contribution in [3.05, 3.63) is 16.0 Å². The molecule has 1 N–H and O–H groups in total. The number of anilines is 1. The van der Waals surface area contributed by atoms with Crippen LogP contribution in [0.4, 0.5) is 10.6 Å². The number of carbonyl (C=O) groups excluding carboxylic acids is 1. The topological polar surface area (TPSA) is 91.1 Å². The highest BCUT2D eigenvalue weighted by atomic mass is 79.9. The Morgan fingerprint density at radius 2 is 1.96 bits per heavy atom. The number of alkyl carbamates (subject to hydrolysis) is 1. The van der Waals surface area contributed by atoms with Crippen molar-refractivity contribution in [2.45, 2.75) is 58.6 Å². The second-order valence-corrected chi connectivity index (χ2v) is 8.31. The highest BCUT2D eigenvalue weighted by Gasteiger charge is 2.34. The average Bonchev–Trinajstić information content (AvgIpc) is 2.48. The molecule has 0 atom stereocenters. The summed E-state index contributed by atoms with van der Waals surface area (Å²) < 4.78 is 5.93. The number of nitrogens with one attached hydrogen (secondary N) is 1. The zero-order chi connectivity index (χ0) is 18.8. The molecule has 1 saturated heterocycles. The van der Waals surface area contributed by atoms with Crippen LogP contribution in [0, 0.1) is 18.3 Å². The van der Waals surface area contributed by atoms with Crippen LogP contribution >= 0.6 is 15.9 Å². The molecule has 1 amide bonds. The van der Waals surface area contributed by atoms with Gasteiger partial charge in [-0.3, -0.25) is 0 Å². The van der Waals surface area contributed by atoms with Crippen LogP contribution in [-0.2, 0) is 4.74 Å². The fourth-order valence-electron chi connectivity index (χ4n) is 2.67. The number of hydrogen-bond donors (Lipinski definition) is 1. The van der Waals surface area contributed by atoms with Gasteiger partial charge in [-0.2, -0.15) is 5.26 Å². The summed E-state index contributed by atoms with van der Waals surface area (Å²) in [5.41, 5.74) is 0.187. The van der Waals surface area contributed by atoms with Gasteiger partial charge in [0.2, 0.25) is 0 Å². The van der Waals surface area contributed by atoms with E-state index in [4.69, 9.17) is 4.74 Å². The minimum atomic E-state index is -0.520. The Labute approximate surface area is 156 Å². The van der Waals surface area contributed by atoms with E-state index in [1.54, 1.807) is 0 Å². The first kappa shape index (κ1) is 19.4. The number of nitriles is 1. The highest BCUT2D eigenvalue weighted by molar-refractivity contribution is 9.10. The van der Waals surface area contributed by atoms with E-state index in [9.17, 15) is 10.1 Å². The molecule has 136 valence electrons. The fourth-order valence-corrected chi connectivity index (χ4v) is 2.94. The van der Waals surface area contributed by atoms with E-state index < -0.39 is 11.7 Å². The highest BCUT2D eigenvalue weighted by Crippen LogP contribution is 2.28. The second kappa shape index (κ2) is 7.16. The molecule has 7 nitrogen and oxygen atoms in total. The summed E-state index contributed by atoms with van der Waals surface area (Å²) in [6.07, 6.45) is 1.06. The van der Waals surface area contributed by atoms with Crippen LogP contribution in [0.2, 0.25) is 0 Å². The number of ether oxygens (including phenoxy) is 1. The van der Waals surface area contributed by atoms with Crippen molar-refractivity contribution in [1.82, 2.24) is 15.3 Å². The largest absolute Gasteiger partial charge is 0.444 e. The van der Waals surface area contributed by atoms with Crippen LogP contribution in [0.3, 0.4) is 0 Å². The Hall–Kier alpha value is -1.88. The summed E-state index contributed by atoms with van der Waals surface area (Å²) in [6.45, 7) is 10.7. The van der Waals surface area contributed by atoms with Crippen molar-refractivity contribution >= 4 is 27.8 Å². The minimum absolute atomic E-state index is 0.307. The van der Waals surface area contributed by atoms with Crippen molar-refractivity contribution in [3.8, 4) is 6.07 Å². The molecule has 1 aromatic rings. The molecule has 0 aromatic carbocycles. The molecule has 1 aromatic heterocycles. The van der Waals surface area contributed by atoms with Crippen molar-refractivity contribution in [3.63, 3.8) is 0 Å². The molecule has 0 aliphatic carbocycles. The van der Waals surface area contributed by atoms with Gasteiger partial charge in [-0.05, 0) is 63.4 Å². The number of nitrogens with zero attached hydrogens (tertiary/aromatic N) is 4. The van der Waals surface area contributed by atoms with E-state index in [2.05, 4.69) is 37.3 Å². The van der Waals surface area contributed by atoms with Crippen molar-refractivity contribution < 1.29 is 9.53 Å². The summed E-state index contributed by atoms with van der Waals surface area (Å²) >= 11 is 3.31. The molecule has 1 aliphatic rings. The molecule has 1 fully saturated rings. The lowest BCUT2D eigenvalue weighted by Crippen LogP contribution is -2.54. The second-order valence-electron chi connectivity index (χ2n) is 7.56. The van der Waals surface area contributed by atoms with Gasteiger partial charge in [-0.15, -0.1) is 0 Å². The van der Waals surface area contributed by atoms with Crippen LogP contribution in [0.1, 0.15) is 51.9 Å². The normalized spacial score (nSPS) is 16.9. The lowest BCUT2D eigenvalue weighted by molar-refractivity contribution is 0.0448. The Balaban J connectivity index is 2.06. The van der Waals surface area contributed by atoms with E-state index >= 15 is 0 Å². The first-order valence-electron chi connectivity index (χ1n) is 8.23. The van der Waals surface area contributed by atoms with Gasteiger partial charge >= 0.3 is 6.09 Å². The smallest absolute Gasteiger partial charge is 0.408 e. The van der Waals surface area contributed by atoms with E-state index in [0.29, 0.717) is 29.2 Å². The molecule has 1 aliphatic heterocycles. The van der Waals surface area contributed by atoms with Crippen molar-refractivity contribution in [2.24, 2.45) is 0 Å². The molecule has 0 unspecified atom stereocenters. The third kappa shape index (κ3) is 5.05. The number of aromatic nitrogens is 2. The Morgan fingerprint density at radius 3 is 2.48 bits per heavy atom. The maximum absolute atomic E-state index is 12.0. The molecule has 0 bridgehead atoms. The molecular formula is C17H24BrN5O2. The van der Waals surface area contributed by atoms with Gasteiger partial charge in [0.1, 0.15) is 16.3 Å². The summed E-state index contributed by atoms with van der Waals surface area (Å²) in [5, 5.41) is 12.3. The van der Waals surface area contributed by atoms with Gasteiger partial charge < -0.3 is 15.0 Å². The first-order valence-corrected chi connectivity index (χ1v) is 9.03. The number of amides is 1. The Morgan fingerprint density at radius 1 is 1.36 bits per heavy atom.